The Bertz CT molecular complexity index is 763. The minimum Gasteiger partial charge on any atom is -0.504 e. The minimum atomic E-state index is 0.139. The summed E-state index contributed by atoms with van der Waals surface area (Å²) in [5.74, 6) is 0.617. The van der Waals surface area contributed by atoms with Crippen molar-refractivity contribution >= 4 is 16.5 Å². The molecule has 21 heavy (non-hydrogen) atoms. The first-order chi connectivity index (χ1) is 10.3. The number of anilines is 1. The lowest BCUT2D eigenvalue weighted by molar-refractivity contribution is 0.373. The van der Waals surface area contributed by atoms with Gasteiger partial charge >= 0.3 is 0 Å². The zero-order chi connectivity index (χ0) is 14.7. The topological polar surface area (TPSA) is 41.5 Å². The van der Waals surface area contributed by atoms with Crippen LogP contribution in [-0.2, 0) is 6.54 Å². The quantitative estimate of drug-likeness (QED) is 0.753. The van der Waals surface area contributed by atoms with Crippen LogP contribution >= 0.6 is 0 Å². The monoisotopic (exact) mass is 279 g/mol. The molecule has 0 fully saturated rings. The predicted octanol–water partition coefficient (Wildman–Crippen LogP) is 4.17. The maximum atomic E-state index is 9.80. The van der Waals surface area contributed by atoms with Crippen molar-refractivity contribution in [3.05, 3.63) is 66.2 Å². The van der Waals surface area contributed by atoms with Gasteiger partial charge in [0.15, 0.2) is 11.5 Å². The summed E-state index contributed by atoms with van der Waals surface area (Å²) in [7, 11) is 1.54. The fourth-order valence-electron chi connectivity index (χ4n) is 2.44. The Kier molecular flexibility index (Phi) is 3.65. The molecule has 0 saturated heterocycles. The van der Waals surface area contributed by atoms with E-state index in [1.54, 1.807) is 12.1 Å². The van der Waals surface area contributed by atoms with Crippen molar-refractivity contribution in [1.82, 2.24) is 0 Å². The molecule has 3 heteroatoms. The lowest BCUT2D eigenvalue weighted by atomic mass is 10.0. The van der Waals surface area contributed by atoms with Crippen LogP contribution in [0.15, 0.2) is 60.7 Å². The molecule has 3 nitrogen and oxygen atoms in total. The fourth-order valence-corrected chi connectivity index (χ4v) is 2.44. The Morgan fingerprint density at radius 2 is 1.81 bits per heavy atom. The van der Waals surface area contributed by atoms with Crippen molar-refractivity contribution in [3.8, 4) is 11.5 Å². The van der Waals surface area contributed by atoms with Gasteiger partial charge in [-0.25, -0.2) is 0 Å². The van der Waals surface area contributed by atoms with E-state index in [9.17, 15) is 5.11 Å². The van der Waals surface area contributed by atoms with Crippen molar-refractivity contribution in [2.24, 2.45) is 0 Å². The van der Waals surface area contributed by atoms with Gasteiger partial charge in [-0.1, -0.05) is 42.5 Å². The average Bonchev–Trinajstić information content (AvgIpc) is 2.53. The number of hydrogen-bond acceptors (Lipinski definition) is 3. The number of ether oxygens (including phenoxy) is 1. The molecule has 0 unspecified atom stereocenters. The highest BCUT2D eigenvalue weighted by molar-refractivity contribution is 5.85. The molecule has 0 aliphatic heterocycles. The first-order valence-electron chi connectivity index (χ1n) is 6.85. The molecule has 2 N–H and O–H groups in total. The molecule has 3 aromatic carbocycles. The average molecular weight is 279 g/mol. The molecule has 0 saturated carbocycles. The van der Waals surface area contributed by atoms with Gasteiger partial charge in [0.25, 0.3) is 0 Å². The summed E-state index contributed by atoms with van der Waals surface area (Å²) in [4.78, 5) is 0. The van der Waals surface area contributed by atoms with Crippen LogP contribution < -0.4 is 10.1 Å². The van der Waals surface area contributed by atoms with E-state index in [1.165, 1.54) is 23.4 Å². The van der Waals surface area contributed by atoms with Crippen LogP contribution in [0.2, 0.25) is 0 Å². The van der Waals surface area contributed by atoms with E-state index in [0.29, 0.717) is 12.3 Å². The first-order valence-corrected chi connectivity index (χ1v) is 6.85. The summed E-state index contributed by atoms with van der Waals surface area (Å²) in [6, 6.07) is 19.9. The van der Waals surface area contributed by atoms with Gasteiger partial charge in [0.2, 0.25) is 0 Å². The normalized spacial score (nSPS) is 10.5. The molecule has 0 aromatic heterocycles. The van der Waals surface area contributed by atoms with E-state index in [-0.39, 0.29) is 5.75 Å². The van der Waals surface area contributed by atoms with Gasteiger partial charge in [-0.15, -0.1) is 0 Å². The Balaban J connectivity index is 1.82. The van der Waals surface area contributed by atoms with E-state index < -0.39 is 0 Å². The maximum Gasteiger partial charge on any atom is 0.160 e. The molecule has 0 aliphatic rings. The van der Waals surface area contributed by atoms with Crippen LogP contribution in [0.4, 0.5) is 5.69 Å². The third kappa shape index (κ3) is 2.77. The molecule has 3 aromatic rings. The summed E-state index contributed by atoms with van der Waals surface area (Å²) in [6.45, 7) is 0.702. The van der Waals surface area contributed by atoms with Gasteiger partial charge in [0.1, 0.15) is 0 Å². The smallest absolute Gasteiger partial charge is 0.160 e. The largest absolute Gasteiger partial charge is 0.504 e. The summed E-state index contributed by atoms with van der Waals surface area (Å²) in [5.41, 5.74) is 2.09. The van der Waals surface area contributed by atoms with Crippen LogP contribution in [0.5, 0.6) is 11.5 Å². The Hall–Kier alpha value is -2.68. The van der Waals surface area contributed by atoms with Crippen molar-refractivity contribution in [3.63, 3.8) is 0 Å². The molecule has 0 atom stereocenters. The third-order valence-electron chi connectivity index (χ3n) is 3.54. The number of fused-ring (bicyclic) bond motifs is 1. The number of nitrogens with one attached hydrogen (secondary N) is 1. The number of phenolic OH excluding ortho intramolecular Hbond substituents is 1. The van der Waals surface area contributed by atoms with Crippen molar-refractivity contribution < 1.29 is 9.84 Å². The van der Waals surface area contributed by atoms with Gasteiger partial charge in [0.05, 0.1) is 7.11 Å². The van der Waals surface area contributed by atoms with Crippen LogP contribution in [0.3, 0.4) is 0 Å². The van der Waals surface area contributed by atoms with E-state index in [4.69, 9.17) is 4.74 Å². The van der Waals surface area contributed by atoms with Crippen LogP contribution in [0, 0.1) is 0 Å². The van der Waals surface area contributed by atoms with E-state index in [1.807, 2.05) is 18.2 Å². The Morgan fingerprint density at radius 1 is 1.00 bits per heavy atom. The first kappa shape index (κ1) is 13.3. The third-order valence-corrected chi connectivity index (χ3v) is 3.54. The van der Waals surface area contributed by atoms with E-state index in [2.05, 4.69) is 35.6 Å². The zero-order valence-corrected chi connectivity index (χ0v) is 11.8. The summed E-state index contributed by atoms with van der Waals surface area (Å²) in [6.07, 6.45) is 0. The van der Waals surface area contributed by atoms with Gasteiger partial charge in [-0.2, -0.15) is 0 Å². The SMILES string of the molecule is COc1ccc(NCc2cccc3ccccc23)cc1O. The molecule has 0 radical (unpaired) electrons. The Labute approximate surface area is 123 Å². The van der Waals surface area contributed by atoms with Gasteiger partial charge in [0, 0.05) is 18.3 Å². The highest BCUT2D eigenvalue weighted by Crippen LogP contribution is 2.29. The lowest BCUT2D eigenvalue weighted by Gasteiger charge is -2.11. The molecule has 106 valence electrons. The summed E-state index contributed by atoms with van der Waals surface area (Å²) < 4.78 is 5.04. The number of hydrogen-bond donors (Lipinski definition) is 2. The second kappa shape index (κ2) is 5.75. The molecular weight excluding hydrogens is 262 g/mol. The van der Waals surface area contributed by atoms with Crippen molar-refractivity contribution in [2.75, 3.05) is 12.4 Å². The molecule has 0 aliphatic carbocycles. The minimum absolute atomic E-state index is 0.139. The number of rotatable bonds is 4. The molecule has 0 bridgehead atoms. The summed E-state index contributed by atoms with van der Waals surface area (Å²) >= 11 is 0. The van der Waals surface area contributed by atoms with Crippen LogP contribution in [0.25, 0.3) is 10.8 Å². The highest BCUT2D eigenvalue weighted by atomic mass is 16.5. The number of phenols is 1. The molecular formula is C18H17NO2. The van der Waals surface area contributed by atoms with Crippen LogP contribution in [-0.4, -0.2) is 12.2 Å². The number of aromatic hydroxyl groups is 1. The number of methoxy groups -OCH3 is 1. The molecule has 0 heterocycles. The van der Waals surface area contributed by atoms with Crippen LogP contribution in [0.1, 0.15) is 5.56 Å². The van der Waals surface area contributed by atoms with E-state index >= 15 is 0 Å². The Morgan fingerprint density at radius 3 is 2.62 bits per heavy atom. The van der Waals surface area contributed by atoms with E-state index in [0.717, 1.165) is 5.69 Å². The van der Waals surface area contributed by atoms with Crippen molar-refractivity contribution in [1.29, 1.82) is 0 Å². The second-order valence-electron chi connectivity index (χ2n) is 4.88. The fraction of sp³-hybridized carbons (Fsp3) is 0.111. The van der Waals surface area contributed by atoms with Gasteiger partial charge < -0.3 is 15.2 Å². The predicted molar refractivity (Wildman–Crippen MR) is 85.9 cm³/mol. The standard InChI is InChI=1S/C18H17NO2/c1-21-18-10-9-15(11-17(18)20)19-12-14-7-4-6-13-5-2-3-8-16(13)14/h2-11,19-20H,12H2,1H3. The molecule has 0 amide bonds. The molecule has 0 spiro atoms. The second-order valence-corrected chi connectivity index (χ2v) is 4.88. The number of benzene rings is 3. The van der Waals surface area contributed by atoms with Gasteiger partial charge in [-0.3, -0.25) is 0 Å². The lowest BCUT2D eigenvalue weighted by Crippen LogP contribution is -2.00. The molecule has 3 rings (SSSR count). The summed E-state index contributed by atoms with van der Waals surface area (Å²) in [5, 5.41) is 15.6. The highest BCUT2D eigenvalue weighted by Gasteiger charge is 2.03. The van der Waals surface area contributed by atoms with Crippen molar-refractivity contribution in [2.45, 2.75) is 6.54 Å². The maximum absolute atomic E-state index is 9.80. The zero-order valence-electron chi connectivity index (χ0n) is 11.8. The van der Waals surface area contributed by atoms with Gasteiger partial charge in [-0.05, 0) is 28.5 Å².